The van der Waals surface area contributed by atoms with Crippen LogP contribution in [-0.2, 0) is 18.4 Å². The number of hydrogen-bond acceptors (Lipinski definition) is 6. The minimum Gasteiger partial charge on any atom is -0.310 e. The first-order valence-electron chi connectivity index (χ1n) is 7.38. The fourth-order valence-corrected chi connectivity index (χ4v) is 3.19. The topological polar surface area (TPSA) is 95.9 Å². The molecule has 2 N–H and O–H groups in total. The van der Waals surface area contributed by atoms with Crippen LogP contribution in [0.2, 0.25) is 0 Å². The average molecular weight is 346 g/mol. The summed E-state index contributed by atoms with van der Waals surface area (Å²) in [4.78, 5) is 33.0. The molecule has 8 nitrogen and oxygen atoms in total. The summed E-state index contributed by atoms with van der Waals surface area (Å²) in [6.45, 7) is 2.42. The predicted molar refractivity (Wildman–Crippen MR) is 93.1 cm³/mol. The van der Waals surface area contributed by atoms with Crippen LogP contribution in [0.3, 0.4) is 0 Å². The summed E-state index contributed by atoms with van der Waals surface area (Å²) in [6.07, 6.45) is 0. The number of nitrogens with one attached hydrogen (secondary N) is 2. The highest BCUT2D eigenvalue weighted by molar-refractivity contribution is 7.17. The van der Waals surface area contributed by atoms with Crippen molar-refractivity contribution in [2.75, 3.05) is 18.9 Å². The molecule has 126 valence electrons. The molecule has 0 saturated carbocycles. The van der Waals surface area contributed by atoms with Gasteiger partial charge in [-0.15, -0.1) is 11.3 Å². The fraction of sp³-hybridized carbons (Fsp3) is 0.333. The van der Waals surface area contributed by atoms with Crippen LogP contribution < -0.4 is 10.9 Å². The maximum absolute atomic E-state index is 12.1. The fourth-order valence-electron chi connectivity index (χ4n) is 2.46. The number of likely N-dealkylation sites (N-methyl/N-ethyl adjacent to an activating group) is 1. The van der Waals surface area contributed by atoms with Gasteiger partial charge in [0.05, 0.1) is 24.3 Å². The second kappa shape index (κ2) is 6.54. The summed E-state index contributed by atoms with van der Waals surface area (Å²) in [5.74, 6) is 1.04. The zero-order valence-electron chi connectivity index (χ0n) is 13.7. The summed E-state index contributed by atoms with van der Waals surface area (Å²) in [7, 11) is 3.57. The zero-order valence-corrected chi connectivity index (χ0v) is 14.5. The Morgan fingerprint density at radius 1 is 1.50 bits per heavy atom. The standard InChI is InChI=1S/C15H18N6O2S/c1-9-6-12(21(3)19-9)18-13(22)8-20(2)7-11-16-10-4-5-24-14(10)15(23)17-11/h4-6H,7-8H2,1-3H3,(H,18,22)(H,16,17,23). The third-order valence-corrected chi connectivity index (χ3v) is 4.37. The average Bonchev–Trinajstić information content (AvgIpc) is 3.05. The van der Waals surface area contributed by atoms with Gasteiger partial charge in [0.1, 0.15) is 16.3 Å². The summed E-state index contributed by atoms with van der Waals surface area (Å²) >= 11 is 1.36. The Hall–Kier alpha value is -2.52. The minimum atomic E-state index is -0.153. The second-order valence-electron chi connectivity index (χ2n) is 5.66. The smallest absolute Gasteiger partial charge is 0.268 e. The van der Waals surface area contributed by atoms with E-state index in [1.807, 2.05) is 18.4 Å². The molecule has 3 aromatic rings. The third kappa shape index (κ3) is 3.52. The van der Waals surface area contributed by atoms with Gasteiger partial charge < -0.3 is 10.3 Å². The van der Waals surface area contributed by atoms with E-state index >= 15 is 0 Å². The normalized spacial score (nSPS) is 11.3. The van der Waals surface area contributed by atoms with Gasteiger partial charge in [-0.2, -0.15) is 5.10 Å². The maximum Gasteiger partial charge on any atom is 0.268 e. The van der Waals surface area contributed by atoms with Gasteiger partial charge in [-0.05, 0) is 25.4 Å². The van der Waals surface area contributed by atoms with Gasteiger partial charge in [0.15, 0.2) is 0 Å². The number of anilines is 1. The number of aromatic amines is 1. The monoisotopic (exact) mass is 346 g/mol. The Bertz CT molecular complexity index is 941. The molecule has 0 aliphatic heterocycles. The van der Waals surface area contributed by atoms with Crippen molar-refractivity contribution in [3.8, 4) is 0 Å². The van der Waals surface area contributed by atoms with E-state index in [1.165, 1.54) is 11.3 Å². The van der Waals surface area contributed by atoms with Crippen LogP contribution in [0.15, 0.2) is 22.3 Å². The highest BCUT2D eigenvalue weighted by Gasteiger charge is 2.12. The number of thiophene rings is 1. The van der Waals surface area contributed by atoms with E-state index in [1.54, 1.807) is 29.7 Å². The first-order valence-corrected chi connectivity index (χ1v) is 8.26. The largest absolute Gasteiger partial charge is 0.310 e. The summed E-state index contributed by atoms with van der Waals surface area (Å²) in [6, 6.07) is 3.62. The first-order chi connectivity index (χ1) is 11.4. The molecule has 1 amide bonds. The van der Waals surface area contributed by atoms with Crippen molar-refractivity contribution in [2.45, 2.75) is 13.5 Å². The van der Waals surface area contributed by atoms with Crippen LogP contribution in [-0.4, -0.2) is 44.1 Å². The Labute approximate surface area is 142 Å². The van der Waals surface area contributed by atoms with Gasteiger partial charge >= 0.3 is 0 Å². The van der Waals surface area contributed by atoms with Gasteiger partial charge in [-0.3, -0.25) is 19.2 Å². The Kier molecular flexibility index (Phi) is 4.45. The van der Waals surface area contributed by atoms with Crippen LogP contribution in [0.4, 0.5) is 5.82 Å². The highest BCUT2D eigenvalue weighted by Crippen LogP contribution is 2.14. The van der Waals surface area contributed by atoms with E-state index in [0.29, 0.717) is 28.4 Å². The van der Waals surface area contributed by atoms with E-state index in [9.17, 15) is 9.59 Å². The molecule has 24 heavy (non-hydrogen) atoms. The lowest BCUT2D eigenvalue weighted by Gasteiger charge is -2.15. The van der Waals surface area contributed by atoms with Crippen molar-refractivity contribution in [1.29, 1.82) is 0 Å². The van der Waals surface area contributed by atoms with Crippen LogP contribution >= 0.6 is 11.3 Å². The molecular weight excluding hydrogens is 328 g/mol. The first kappa shape index (κ1) is 16.3. The summed E-state index contributed by atoms with van der Waals surface area (Å²) in [5, 5.41) is 8.83. The molecule has 0 aliphatic carbocycles. The second-order valence-corrected chi connectivity index (χ2v) is 6.58. The van der Waals surface area contributed by atoms with Crippen LogP contribution in [0, 0.1) is 6.92 Å². The van der Waals surface area contributed by atoms with E-state index < -0.39 is 0 Å². The number of amides is 1. The van der Waals surface area contributed by atoms with E-state index in [4.69, 9.17) is 0 Å². The molecule has 0 fully saturated rings. The zero-order chi connectivity index (χ0) is 17.3. The van der Waals surface area contributed by atoms with E-state index in [0.717, 1.165) is 5.69 Å². The summed E-state index contributed by atoms with van der Waals surface area (Å²) in [5.41, 5.74) is 1.38. The molecule has 0 atom stereocenters. The molecule has 0 aromatic carbocycles. The molecule has 0 saturated heterocycles. The van der Waals surface area contributed by atoms with Crippen molar-refractivity contribution in [3.63, 3.8) is 0 Å². The lowest BCUT2D eigenvalue weighted by molar-refractivity contribution is -0.117. The molecule has 0 bridgehead atoms. The minimum absolute atomic E-state index is 0.145. The number of H-pyrrole nitrogens is 1. The lowest BCUT2D eigenvalue weighted by atomic mass is 10.4. The molecule has 0 unspecified atom stereocenters. The highest BCUT2D eigenvalue weighted by atomic mass is 32.1. The molecule has 3 rings (SSSR count). The van der Waals surface area contributed by atoms with Crippen molar-refractivity contribution in [2.24, 2.45) is 7.05 Å². The number of aromatic nitrogens is 4. The lowest BCUT2D eigenvalue weighted by Crippen LogP contribution is -2.31. The molecule has 3 heterocycles. The number of fused-ring (bicyclic) bond motifs is 1. The van der Waals surface area contributed by atoms with E-state index in [-0.39, 0.29) is 18.0 Å². The van der Waals surface area contributed by atoms with Crippen molar-refractivity contribution in [1.82, 2.24) is 24.6 Å². The van der Waals surface area contributed by atoms with Crippen LogP contribution in [0.1, 0.15) is 11.5 Å². The molecule has 0 aliphatic rings. The number of aryl methyl sites for hydroxylation is 2. The predicted octanol–water partition coefficient (Wildman–Crippen LogP) is 1.10. The number of carbonyl (C=O) groups excluding carboxylic acids is 1. The van der Waals surface area contributed by atoms with Gasteiger partial charge in [-0.25, -0.2) is 4.98 Å². The quantitative estimate of drug-likeness (QED) is 0.721. The Morgan fingerprint density at radius 2 is 2.29 bits per heavy atom. The van der Waals surface area contributed by atoms with Gasteiger partial charge in [0.25, 0.3) is 5.56 Å². The van der Waals surface area contributed by atoms with Crippen molar-refractivity contribution >= 4 is 33.3 Å². The summed E-state index contributed by atoms with van der Waals surface area (Å²) < 4.78 is 2.24. The number of nitrogens with zero attached hydrogens (tertiary/aromatic N) is 4. The Morgan fingerprint density at radius 3 is 3.00 bits per heavy atom. The molecule has 0 radical (unpaired) electrons. The number of hydrogen-bond donors (Lipinski definition) is 2. The molecular formula is C15H18N6O2S. The van der Waals surface area contributed by atoms with Crippen LogP contribution in [0.5, 0.6) is 0 Å². The molecule has 3 aromatic heterocycles. The third-order valence-electron chi connectivity index (χ3n) is 3.47. The molecule has 0 spiro atoms. The van der Waals surface area contributed by atoms with Gasteiger partial charge in [-0.1, -0.05) is 0 Å². The van der Waals surface area contributed by atoms with Crippen molar-refractivity contribution < 1.29 is 4.79 Å². The molecule has 9 heteroatoms. The SMILES string of the molecule is Cc1cc(NC(=O)CN(C)Cc2nc3ccsc3c(=O)[nH]2)n(C)n1. The van der Waals surface area contributed by atoms with Gasteiger partial charge in [0, 0.05) is 13.1 Å². The van der Waals surface area contributed by atoms with E-state index in [2.05, 4.69) is 20.4 Å². The van der Waals surface area contributed by atoms with Crippen molar-refractivity contribution in [3.05, 3.63) is 39.4 Å². The Balaban J connectivity index is 1.63. The number of rotatable bonds is 5. The van der Waals surface area contributed by atoms with Crippen LogP contribution in [0.25, 0.3) is 10.2 Å². The number of carbonyl (C=O) groups is 1. The van der Waals surface area contributed by atoms with Gasteiger partial charge in [0.2, 0.25) is 5.91 Å². The maximum atomic E-state index is 12.1.